The van der Waals surface area contributed by atoms with Gasteiger partial charge in [0.2, 0.25) is 0 Å². The molecule has 0 radical (unpaired) electrons. The van der Waals surface area contributed by atoms with Gasteiger partial charge < -0.3 is 20.4 Å². The van der Waals surface area contributed by atoms with Crippen molar-refractivity contribution in [3.8, 4) is 5.75 Å². The fourth-order valence-corrected chi connectivity index (χ4v) is 3.71. The second-order valence-electron chi connectivity index (χ2n) is 7.91. The van der Waals surface area contributed by atoms with Gasteiger partial charge in [0, 0.05) is 6.54 Å². The Bertz CT molecular complexity index is 1120. The molecule has 4 rings (SSSR count). The molecule has 0 saturated heterocycles. The highest BCUT2D eigenvalue weighted by Crippen LogP contribution is 2.21. The summed E-state index contributed by atoms with van der Waals surface area (Å²) in [6, 6.07) is 25.4. The number of ether oxygens (including phenoxy) is 1. The van der Waals surface area contributed by atoms with Crippen molar-refractivity contribution in [2.45, 2.75) is 25.3 Å². The number of para-hydroxylation sites is 2. The van der Waals surface area contributed by atoms with Crippen molar-refractivity contribution in [1.29, 1.82) is 0 Å². The third-order valence-electron chi connectivity index (χ3n) is 5.58. The summed E-state index contributed by atoms with van der Waals surface area (Å²) in [5, 5.41) is 6.11. The zero-order valence-corrected chi connectivity index (χ0v) is 18.3. The van der Waals surface area contributed by atoms with Crippen LogP contribution < -0.4 is 15.4 Å². The summed E-state index contributed by atoms with van der Waals surface area (Å²) >= 11 is 0. The molecule has 0 aliphatic rings. The predicted molar refractivity (Wildman–Crippen MR) is 127 cm³/mol. The number of fused-ring (bicyclic) bond motifs is 1. The lowest BCUT2D eigenvalue weighted by Crippen LogP contribution is -2.40. The van der Waals surface area contributed by atoms with Gasteiger partial charge in [0.05, 0.1) is 24.2 Å². The average molecular weight is 429 g/mol. The van der Waals surface area contributed by atoms with Gasteiger partial charge in [-0.3, -0.25) is 0 Å². The summed E-state index contributed by atoms with van der Waals surface area (Å²) in [4.78, 5) is 20.9. The largest absolute Gasteiger partial charge is 0.497 e. The molecule has 0 aliphatic carbocycles. The smallest absolute Gasteiger partial charge is 0.315 e. The number of amides is 2. The number of imidazole rings is 1. The number of H-pyrrole nitrogens is 1. The number of nitrogens with zero attached hydrogens (tertiary/aromatic N) is 1. The Kier molecular flexibility index (Phi) is 6.70. The quantitative estimate of drug-likeness (QED) is 0.371. The second kappa shape index (κ2) is 10.0. The molecule has 1 heterocycles. The number of hydrogen-bond donors (Lipinski definition) is 3. The number of benzene rings is 3. The molecule has 6 nitrogen and oxygen atoms in total. The van der Waals surface area contributed by atoms with E-state index in [4.69, 9.17) is 9.72 Å². The molecule has 164 valence electrons. The molecular weight excluding hydrogens is 400 g/mol. The normalized spacial score (nSPS) is 12.8. The summed E-state index contributed by atoms with van der Waals surface area (Å²) in [6.07, 6.45) is 0.603. The van der Waals surface area contributed by atoms with Gasteiger partial charge in [-0.15, -0.1) is 0 Å². The van der Waals surface area contributed by atoms with Gasteiger partial charge >= 0.3 is 6.03 Å². The molecular formula is C26H28N4O2. The van der Waals surface area contributed by atoms with Crippen LogP contribution in [-0.2, 0) is 6.42 Å². The summed E-state index contributed by atoms with van der Waals surface area (Å²) in [6.45, 7) is 2.65. The molecule has 32 heavy (non-hydrogen) atoms. The van der Waals surface area contributed by atoms with Gasteiger partial charge in [0.15, 0.2) is 0 Å². The molecule has 2 amide bonds. The Morgan fingerprint density at radius 3 is 2.44 bits per heavy atom. The monoisotopic (exact) mass is 428 g/mol. The summed E-state index contributed by atoms with van der Waals surface area (Å²) in [7, 11) is 1.65. The maximum Gasteiger partial charge on any atom is 0.315 e. The maximum atomic E-state index is 12.8. The minimum absolute atomic E-state index is 0.216. The molecule has 1 aromatic heterocycles. The molecule has 1 unspecified atom stereocenters. The minimum Gasteiger partial charge on any atom is -0.497 e. The van der Waals surface area contributed by atoms with Crippen molar-refractivity contribution in [3.05, 3.63) is 95.8 Å². The van der Waals surface area contributed by atoms with Gasteiger partial charge in [-0.25, -0.2) is 9.78 Å². The fraction of sp³-hybridized carbons (Fsp3) is 0.231. The number of aromatic nitrogens is 2. The van der Waals surface area contributed by atoms with E-state index < -0.39 is 0 Å². The van der Waals surface area contributed by atoms with E-state index in [0.717, 1.165) is 28.2 Å². The number of carbonyl (C=O) groups excluding carboxylic acids is 1. The van der Waals surface area contributed by atoms with Crippen molar-refractivity contribution >= 4 is 17.1 Å². The van der Waals surface area contributed by atoms with Crippen LogP contribution in [0.15, 0.2) is 78.9 Å². The van der Waals surface area contributed by atoms with Gasteiger partial charge in [0.1, 0.15) is 11.6 Å². The van der Waals surface area contributed by atoms with E-state index in [1.54, 1.807) is 7.11 Å². The molecule has 3 aromatic carbocycles. The van der Waals surface area contributed by atoms with Crippen molar-refractivity contribution in [1.82, 2.24) is 20.6 Å². The van der Waals surface area contributed by atoms with Crippen LogP contribution >= 0.6 is 0 Å². The minimum atomic E-state index is -0.303. The standard InChI is InChI=1S/C26H28N4O2/c1-18(20-8-4-3-5-9-20)17-27-26(31)30-24(16-19-12-14-21(32-2)15-13-19)25-28-22-10-6-7-11-23(22)29-25/h3-15,18,24H,16-17H2,1-2H3,(H,28,29)(H2,27,30,31)/t18?,24-/m1/s1. The molecule has 6 heteroatoms. The van der Waals surface area contributed by atoms with E-state index in [-0.39, 0.29) is 18.0 Å². The van der Waals surface area contributed by atoms with E-state index >= 15 is 0 Å². The number of urea groups is 1. The molecule has 4 aromatic rings. The van der Waals surface area contributed by atoms with Crippen molar-refractivity contribution in [3.63, 3.8) is 0 Å². The average Bonchev–Trinajstić information content (AvgIpc) is 3.27. The molecule has 3 N–H and O–H groups in total. The van der Waals surface area contributed by atoms with Crippen molar-refractivity contribution in [2.75, 3.05) is 13.7 Å². The Morgan fingerprint density at radius 2 is 1.72 bits per heavy atom. The highest BCUT2D eigenvalue weighted by atomic mass is 16.5. The first-order valence-corrected chi connectivity index (χ1v) is 10.8. The van der Waals surface area contributed by atoms with Crippen LogP contribution in [0, 0.1) is 0 Å². The molecule has 0 spiro atoms. The van der Waals surface area contributed by atoms with E-state index in [2.05, 4.69) is 34.7 Å². The van der Waals surface area contributed by atoms with Gasteiger partial charge in [-0.2, -0.15) is 0 Å². The van der Waals surface area contributed by atoms with E-state index in [1.807, 2.05) is 66.7 Å². The number of rotatable bonds is 8. The van der Waals surface area contributed by atoms with E-state index in [0.29, 0.717) is 13.0 Å². The van der Waals surface area contributed by atoms with Crippen LogP contribution in [0.3, 0.4) is 0 Å². The first kappa shape index (κ1) is 21.4. The van der Waals surface area contributed by atoms with Crippen molar-refractivity contribution in [2.24, 2.45) is 0 Å². The summed E-state index contributed by atoms with van der Waals surface area (Å²) in [5.41, 5.74) is 4.10. The fourth-order valence-electron chi connectivity index (χ4n) is 3.71. The van der Waals surface area contributed by atoms with Crippen LogP contribution in [0.5, 0.6) is 5.75 Å². The SMILES string of the molecule is COc1ccc(C[C@@H](NC(=O)NCC(C)c2ccccc2)c2nc3ccccc3[nH]2)cc1. The van der Waals surface area contributed by atoms with Crippen LogP contribution in [0.2, 0.25) is 0 Å². The summed E-state index contributed by atoms with van der Waals surface area (Å²) < 4.78 is 5.26. The van der Waals surface area contributed by atoms with E-state index in [9.17, 15) is 4.79 Å². The van der Waals surface area contributed by atoms with Crippen LogP contribution in [0.25, 0.3) is 11.0 Å². The summed E-state index contributed by atoms with van der Waals surface area (Å²) in [5.74, 6) is 1.75. The first-order chi connectivity index (χ1) is 15.6. The molecule has 0 saturated carbocycles. The van der Waals surface area contributed by atoms with Crippen molar-refractivity contribution < 1.29 is 9.53 Å². The molecule has 2 atom stereocenters. The lowest BCUT2D eigenvalue weighted by Gasteiger charge is -2.19. The molecule has 0 bridgehead atoms. The number of aromatic amines is 1. The third-order valence-corrected chi connectivity index (χ3v) is 5.58. The number of carbonyl (C=O) groups is 1. The predicted octanol–water partition coefficient (Wildman–Crippen LogP) is 4.96. The Hall–Kier alpha value is -3.80. The van der Waals surface area contributed by atoms with Crippen LogP contribution in [0.4, 0.5) is 4.79 Å². The number of nitrogens with one attached hydrogen (secondary N) is 3. The molecule has 0 aliphatic heterocycles. The molecule has 0 fully saturated rings. The van der Waals surface area contributed by atoms with Crippen LogP contribution in [0.1, 0.15) is 35.8 Å². The van der Waals surface area contributed by atoms with Gasteiger partial charge in [-0.1, -0.05) is 61.5 Å². The van der Waals surface area contributed by atoms with Crippen LogP contribution in [-0.4, -0.2) is 29.7 Å². The maximum absolute atomic E-state index is 12.8. The highest BCUT2D eigenvalue weighted by Gasteiger charge is 2.20. The Morgan fingerprint density at radius 1 is 1.00 bits per heavy atom. The van der Waals surface area contributed by atoms with Gasteiger partial charge in [-0.05, 0) is 47.7 Å². The zero-order chi connectivity index (χ0) is 22.3. The second-order valence-corrected chi connectivity index (χ2v) is 7.91. The number of methoxy groups -OCH3 is 1. The Labute approximate surface area is 188 Å². The lowest BCUT2D eigenvalue weighted by molar-refractivity contribution is 0.236. The highest BCUT2D eigenvalue weighted by molar-refractivity contribution is 5.76. The Balaban J connectivity index is 1.48. The van der Waals surface area contributed by atoms with E-state index in [1.165, 1.54) is 5.56 Å². The topological polar surface area (TPSA) is 79.0 Å². The zero-order valence-electron chi connectivity index (χ0n) is 18.3. The van der Waals surface area contributed by atoms with Gasteiger partial charge in [0.25, 0.3) is 0 Å². The number of hydrogen-bond acceptors (Lipinski definition) is 3. The third kappa shape index (κ3) is 5.27. The first-order valence-electron chi connectivity index (χ1n) is 10.8. The lowest BCUT2D eigenvalue weighted by atomic mass is 10.0.